The van der Waals surface area contributed by atoms with E-state index in [1.54, 1.807) is 4.57 Å². The molecule has 0 unspecified atom stereocenters. The minimum Gasteiger partial charge on any atom is -0.325 e. The van der Waals surface area contributed by atoms with Crippen LogP contribution < -0.4 is 10.2 Å². The monoisotopic (exact) mass is 482 g/mol. The summed E-state index contributed by atoms with van der Waals surface area (Å²) in [6.07, 6.45) is 3.87. The van der Waals surface area contributed by atoms with Gasteiger partial charge in [-0.2, -0.15) is 0 Å². The molecule has 3 aliphatic rings. The highest BCUT2D eigenvalue weighted by Crippen LogP contribution is 2.64. The average Bonchev–Trinajstić information content (AvgIpc) is 3.48. The first-order chi connectivity index (χ1) is 15.6. The topological polar surface area (TPSA) is 51.1 Å². The number of hydrogen-bond donors (Lipinski definition) is 1. The molecule has 7 heteroatoms. The van der Waals surface area contributed by atoms with Crippen molar-refractivity contribution in [2.45, 2.75) is 42.0 Å². The molecule has 164 valence electrons. The van der Waals surface area contributed by atoms with Crippen molar-refractivity contribution in [2.75, 3.05) is 5.32 Å². The molecule has 2 saturated carbocycles. The molecule has 1 aliphatic heterocycles. The summed E-state index contributed by atoms with van der Waals surface area (Å²) in [6.45, 7) is 0.0470. The maximum absolute atomic E-state index is 13.1. The molecule has 1 amide bonds. The van der Waals surface area contributed by atoms with E-state index < -0.39 is 0 Å². The Bertz CT molecular complexity index is 1220. The van der Waals surface area contributed by atoms with Gasteiger partial charge in [-0.05, 0) is 66.8 Å². The fraction of sp³-hybridized carbons (Fsp3) is 0.360. The lowest BCUT2D eigenvalue weighted by molar-refractivity contribution is -0.116. The summed E-state index contributed by atoms with van der Waals surface area (Å²) < 4.78 is 1.70. The van der Waals surface area contributed by atoms with Gasteiger partial charge >= 0.3 is 4.87 Å². The van der Waals surface area contributed by atoms with Crippen LogP contribution in [-0.2, 0) is 11.3 Å². The van der Waals surface area contributed by atoms with Gasteiger partial charge in [0.05, 0.1) is 5.03 Å². The summed E-state index contributed by atoms with van der Waals surface area (Å²) >= 11 is 9.36. The summed E-state index contributed by atoms with van der Waals surface area (Å²) in [5.74, 6) is 2.02. The van der Waals surface area contributed by atoms with Crippen molar-refractivity contribution in [1.82, 2.24) is 4.57 Å². The number of nitrogens with one attached hydrogen (secondary N) is 1. The lowest BCUT2D eigenvalue weighted by Crippen LogP contribution is -2.34. The van der Waals surface area contributed by atoms with E-state index in [1.165, 1.54) is 36.2 Å². The molecule has 4 nitrogen and oxygen atoms in total. The molecule has 2 bridgehead atoms. The highest BCUT2D eigenvalue weighted by molar-refractivity contribution is 8.00. The molecule has 2 aliphatic carbocycles. The van der Waals surface area contributed by atoms with Crippen molar-refractivity contribution in [1.29, 1.82) is 0 Å². The minimum absolute atomic E-state index is 0.0444. The Labute approximate surface area is 200 Å². The number of nitrogens with zero attached hydrogens (tertiary/aromatic N) is 1. The van der Waals surface area contributed by atoms with Crippen LogP contribution in [0.5, 0.6) is 0 Å². The number of fused-ring (bicyclic) bond motifs is 6. The van der Waals surface area contributed by atoms with E-state index in [9.17, 15) is 9.59 Å². The fourth-order valence-corrected chi connectivity index (χ4v) is 9.27. The summed E-state index contributed by atoms with van der Waals surface area (Å²) in [5.41, 5.74) is 1.98. The van der Waals surface area contributed by atoms with Crippen molar-refractivity contribution >= 4 is 46.3 Å². The third kappa shape index (κ3) is 3.44. The fourth-order valence-electron chi connectivity index (χ4n) is 6.00. The number of carbonyl (C=O) groups excluding carboxylic acids is 1. The first-order valence-electron chi connectivity index (χ1n) is 11.1. The number of amides is 1. The van der Waals surface area contributed by atoms with Crippen LogP contribution in [0.4, 0.5) is 5.69 Å². The van der Waals surface area contributed by atoms with Gasteiger partial charge < -0.3 is 5.32 Å². The average molecular weight is 483 g/mol. The molecule has 6 rings (SSSR count). The summed E-state index contributed by atoms with van der Waals surface area (Å²) in [7, 11) is 0. The first-order valence-corrected chi connectivity index (χ1v) is 13.2. The Morgan fingerprint density at radius 2 is 1.81 bits per heavy atom. The molecular weight excluding hydrogens is 460 g/mol. The van der Waals surface area contributed by atoms with Gasteiger partial charge in [-0.1, -0.05) is 53.3 Å². The van der Waals surface area contributed by atoms with E-state index >= 15 is 0 Å². The highest BCUT2D eigenvalue weighted by Gasteiger charge is 2.55. The van der Waals surface area contributed by atoms with Crippen LogP contribution in [0.3, 0.4) is 0 Å². The number of halogens is 1. The van der Waals surface area contributed by atoms with Gasteiger partial charge in [0.2, 0.25) is 5.91 Å². The van der Waals surface area contributed by atoms with Crippen molar-refractivity contribution in [3.8, 4) is 0 Å². The van der Waals surface area contributed by atoms with Gasteiger partial charge in [0.25, 0.3) is 0 Å². The quantitative estimate of drug-likeness (QED) is 0.507. The Hall–Kier alpha value is -2.02. The van der Waals surface area contributed by atoms with Crippen LogP contribution in [0.1, 0.15) is 35.6 Å². The molecule has 0 spiro atoms. The van der Waals surface area contributed by atoms with Crippen LogP contribution in [0.25, 0.3) is 0 Å². The number of aromatic nitrogens is 1. The summed E-state index contributed by atoms with van der Waals surface area (Å²) in [6, 6.07) is 17.5. The predicted octanol–water partition coefficient (Wildman–Crippen LogP) is 5.85. The number of thiazole rings is 1. The van der Waals surface area contributed by atoms with Gasteiger partial charge in [0.15, 0.2) is 0 Å². The third-order valence-corrected chi connectivity index (χ3v) is 10.4. The largest absolute Gasteiger partial charge is 0.325 e. The van der Waals surface area contributed by atoms with Crippen molar-refractivity contribution in [3.63, 3.8) is 0 Å². The van der Waals surface area contributed by atoms with Crippen LogP contribution >= 0.6 is 34.7 Å². The molecule has 2 heterocycles. The Kier molecular flexibility index (Phi) is 5.20. The maximum atomic E-state index is 13.1. The molecule has 0 saturated heterocycles. The maximum Gasteiger partial charge on any atom is 0.308 e. The van der Waals surface area contributed by atoms with Crippen LogP contribution in [0.15, 0.2) is 64.4 Å². The van der Waals surface area contributed by atoms with Gasteiger partial charge in [-0.3, -0.25) is 14.2 Å². The molecule has 1 N–H and O–H groups in total. The zero-order valence-electron chi connectivity index (χ0n) is 17.4. The number of thioether (sulfide) groups is 1. The van der Waals surface area contributed by atoms with E-state index in [4.69, 9.17) is 11.6 Å². The molecule has 0 radical (unpaired) electrons. The number of para-hydroxylation sites is 1. The molecule has 5 atom stereocenters. The molecule has 32 heavy (non-hydrogen) atoms. The Balaban J connectivity index is 1.38. The van der Waals surface area contributed by atoms with Crippen LogP contribution in [0.2, 0.25) is 5.02 Å². The number of benzene rings is 2. The lowest BCUT2D eigenvalue weighted by Gasteiger charge is -2.40. The zero-order chi connectivity index (χ0) is 21.8. The SMILES string of the molecule is O=C(Cn1c2c(sc1=O)[C@H](c1ccc(Cl)cc1)[C@H]1[C@H]3CC[C@@H](C3)[C@H]1S2)Nc1ccccc1. The smallest absolute Gasteiger partial charge is 0.308 e. The van der Waals surface area contributed by atoms with E-state index in [0.29, 0.717) is 17.1 Å². The molecule has 1 aromatic heterocycles. The van der Waals surface area contributed by atoms with Gasteiger partial charge in [0, 0.05) is 26.8 Å². The second-order valence-corrected chi connectivity index (χ2v) is 11.7. The van der Waals surface area contributed by atoms with Crippen LogP contribution in [-0.4, -0.2) is 15.7 Å². The standard InChI is InChI=1S/C25H23ClN2O2S2/c26-17-10-8-14(9-11-17)20-21-15-6-7-16(12-15)22(21)31-24-23(20)32-25(30)28(24)13-19(29)27-18-4-2-1-3-5-18/h1-5,8-11,15-16,20-22H,6-7,12-13H2,(H,27,29)/t15-,16-,20+,21+,22+/m0/s1. The highest BCUT2D eigenvalue weighted by atomic mass is 35.5. The summed E-state index contributed by atoms with van der Waals surface area (Å²) in [4.78, 5) is 26.9. The first kappa shape index (κ1) is 20.6. The number of anilines is 1. The van der Waals surface area contributed by atoms with Crippen molar-refractivity contribution in [2.24, 2.45) is 17.8 Å². The zero-order valence-corrected chi connectivity index (χ0v) is 19.8. The van der Waals surface area contributed by atoms with Gasteiger partial charge in [-0.15, -0.1) is 11.8 Å². The van der Waals surface area contributed by atoms with E-state index in [-0.39, 0.29) is 23.2 Å². The Morgan fingerprint density at radius 3 is 2.59 bits per heavy atom. The molecule has 3 aromatic rings. The van der Waals surface area contributed by atoms with Gasteiger partial charge in [0.1, 0.15) is 6.54 Å². The number of hydrogen-bond acceptors (Lipinski definition) is 4. The van der Waals surface area contributed by atoms with E-state index in [0.717, 1.165) is 26.5 Å². The second-order valence-electron chi connectivity index (χ2n) is 9.06. The number of rotatable bonds is 4. The van der Waals surface area contributed by atoms with Crippen LogP contribution in [0, 0.1) is 17.8 Å². The number of carbonyl (C=O) groups is 1. The molecule has 2 aromatic carbocycles. The third-order valence-electron chi connectivity index (χ3n) is 7.28. The van der Waals surface area contributed by atoms with Crippen molar-refractivity contribution < 1.29 is 4.79 Å². The predicted molar refractivity (Wildman–Crippen MR) is 131 cm³/mol. The lowest BCUT2D eigenvalue weighted by atomic mass is 9.75. The normalized spacial score (nSPS) is 27.7. The summed E-state index contributed by atoms with van der Waals surface area (Å²) in [5, 5.41) is 5.16. The minimum atomic E-state index is -0.169. The van der Waals surface area contributed by atoms with Gasteiger partial charge in [-0.25, -0.2) is 0 Å². The van der Waals surface area contributed by atoms with E-state index in [1.807, 2.05) is 54.2 Å². The Morgan fingerprint density at radius 1 is 1.06 bits per heavy atom. The molecule has 2 fully saturated rings. The van der Waals surface area contributed by atoms with E-state index in [2.05, 4.69) is 17.4 Å². The second kappa shape index (κ2) is 8.08. The van der Waals surface area contributed by atoms with Crippen molar-refractivity contribution in [3.05, 3.63) is 79.7 Å². The molecular formula is C25H23ClN2O2S2.